The number of hydrogen-bond donors (Lipinski definition) is 0. The molecule has 1 nitrogen and oxygen atoms in total. The summed E-state index contributed by atoms with van der Waals surface area (Å²) >= 11 is 0. The largest absolute Gasteiger partial charge is 0.310 e. The van der Waals surface area contributed by atoms with Gasteiger partial charge in [-0.1, -0.05) is 152 Å². The van der Waals surface area contributed by atoms with Crippen LogP contribution in [-0.2, 0) is 0 Å². The molecule has 9 rings (SSSR count). The first-order valence-electron chi connectivity index (χ1n) is 16.2. The molecule has 0 saturated heterocycles. The Balaban J connectivity index is 1.23. The predicted octanol–water partition coefficient (Wildman–Crippen LogP) is 13.1. The number of rotatable bonds is 5. The van der Waals surface area contributed by atoms with E-state index < -0.39 is 0 Å². The fraction of sp³-hybridized carbons (Fsp3) is 0. The van der Waals surface area contributed by atoms with E-state index in [0.717, 1.165) is 17.1 Å². The summed E-state index contributed by atoms with van der Waals surface area (Å²) in [6.07, 6.45) is 0. The molecule has 47 heavy (non-hydrogen) atoms. The Morgan fingerprint density at radius 2 is 0.702 bits per heavy atom. The second-order valence-electron chi connectivity index (χ2n) is 12.1. The molecule has 0 bridgehead atoms. The molecule has 0 atom stereocenters. The van der Waals surface area contributed by atoms with E-state index in [1.54, 1.807) is 0 Å². The first-order valence-corrected chi connectivity index (χ1v) is 16.2. The summed E-state index contributed by atoms with van der Waals surface area (Å²) in [5.74, 6) is 0. The van der Waals surface area contributed by atoms with Gasteiger partial charge in [-0.05, 0) is 102 Å². The van der Waals surface area contributed by atoms with Crippen LogP contribution in [-0.4, -0.2) is 0 Å². The van der Waals surface area contributed by atoms with Crippen LogP contribution in [0.25, 0.3) is 65.3 Å². The SMILES string of the molecule is c1ccc(-c2c(-c3ccc(N(c4ccccc4)c4ccc5c(ccc6ccccc65)c4)cc3)c3ccccc3c3ccccc23)cc1. The molecule has 220 valence electrons. The number of para-hydroxylation sites is 1. The Kier molecular flexibility index (Phi) is 6.54. The number of benzene rings is 9. The molecule has 9 aromatic carbocycles. The van der Waals surface area contributed by atoms with Crippen LogP contribution in [0.5, 0.6) is 0 Å². The fourth-order valence-electron chi connectivity index (χ4n) is 7.29. The van der Waals surface area contributed by atoms with Gasteiger partial charge in [-0.2, -0.15) is 0 Å². The monoisotopic (exact) mass is 597 g/mol. The molecule has 0 amide bonds. The van der Waals surface area contributed by atoms with Crippen LogP contribution in [0.3, 0.4) is 0 Å². The molecule has 0 aliphatic rings. The number of hydrogen-bond acceptors (Lipinski definition) is 1. The average Bonchev–Trinajstić information content (AvgIpc) is 3.15. The molecule has 0 unspecified atom stereocenters. The highest BCUT2D eigenvalue weighted by atomic mass is 15.1. The molecule has 0 aromatic heterocycles. The number of anilines is 3. The topological polar surface area (TPSA) is 3.24 Å². The van der Waals surface area contributed by atoms with E-state index in [1.807, 2.05) is 0 Å². The third-order valence-electron chi connectivity index (χ3n) is 9.41. The fourth-order valence-corrected chi connectivity index (χ4v) is 7.29. The standard InChI is InChI=1S/C46H31N/c1-3-14-33(15-4-1)45-43-21-11-9-19-41(43)42-20-10-12-22-44(42)46(45)34-25-27-37(28-26-34)47(36-16-5-2-6-17-36)38-29-30-40-35(31-38)24-23-32-13-7-8-18-39(32)40/h1-31H. The summed E-state index contributed by atoms with van der Waals surface area (Å²) in [6, 6.07) is 68.2. The van der Waals surface area contributed by atoms with Gasteiger partial charge < -0.3 is 4.90 Å². The molecule has 0 aliphatic heterocycles. The van der Waals surface area contributed by atoms with Gasteiger partial charge in [0.25, 0.3) is 0 Å². The molecule has 0 heterocycles. The zero-order chi connectivity index (χ0) is 31.2. The maximum absolute atomic E-state index is 2.36. The van der Waals surface area contributed by atoms with E-state index >= 15 is 0 Å². The van der Waals surface area contributed by atoms with Gasteiger partial charge in [0.2, 0.25) is 0 Å². The van der Waals surface area contributed by atoms with Gasteiger partial charge in [-0.25, -0.2) is 0 Å². The van der Waals surface area contributed by atoms with Crippen LogP contribution < -0.4 is 4.90 Å². The zero-order valence-electron chi connectivity index (χ0n) is 25.8. The van der Waals surface area contributed by atoms with Crippen molar-refractivity contribution in [3.8, 4) is 22.3 Å². The van der Waals surface area contributed by atoms with E-state index in [2.05, 4.69) is 193 Å². The second kappa shape index (κ2) is 11.3. The highest BCUT2D eigenvalue weighted by molar-refractivity contribution is 6.21. The summed E-state index contributed by atoms with van der Waals surface area (Å²) in [5.41, 5.74) is 8.34. The van der Waals surface area contributed by atoms with Gasteiger partial charge >= 0.3 is 0 Å². The van der Waals surface area contributed by atoms with E-state index in [-0.39, 0.29) is 0 Å². The molecular formula is C46H31N. The summed E-state index contributed by atoms with van der Waals surface area (Å²) < 4.78 is 0. The molecular weight excluding hydrogens is 567 g/mol. The lowest BCUT2D eigenvalue weighted by molar-refractivity contribution is 1.29. The summed E-state index contributed by atoms with van der Waals surface area (Å²) in [5, 5.41) is 10.1. The molecule has 0 radical (unpaired) electrons. The Morgan fingerprint density at radius 3 is 1.36 bits per heavy atom. The van der Waals surface area contributed by atoms with Gasteiger partial charge in [0.1, 0.15) is 0 Å². The van der Waals surface area contributed by atoms with Crippen molar-refractivity contribution in [2.24, 2.45) is 0 Å². The highest BCUT2D eigenvalue weighted by Gasteiger charge is 2.19. The molecule has 0 fully saturated rings. The van der Waals surface area contributed by atoms with Gasteiger partial charge in [0.15, 0.2) is 0 Å². The molecule has 0 N–H and O–H groups in total. The Morgan fingerprint density at radius 1 is 0.255 bits per heavy atom. The van der Waals surface area contributed by atoms with Crippen molar-refractivity contribution in [2.45, 2.75) is 0 Å². The minimum absolute atomic E-state index is 1.12. The van der Waals surface area contributed by atoms with E-state index in [9.17, 15) is 0 Å². The van der Waals surface area contributed by atoms with Crippen LogP contribution in [0.2, 0.25) is 0 Å². The maximum Gasteiger partial charge on any atom is 0.0468 e. The normalized spacial score (nSPS) is 11.4. The molecule has 0 spiro atoms. The van der Waals surface area contributed by atoms with Crippen LogP contribution in [0.1, 0.15) is 0 Å². The van der Waals surface area contributed by atoms with Crippen LogP contribution in [0, 0.1) is 0 Å². The zero-order valence-corrected chi connectivity index (χ0v) is 25.8. The lowest BCUT2D eigenvalue weighted by Gasteiger charge is -2.26. The van der Waals surface area contributed by atoms with Gasteiger partial charge in [0, 0.05) is 17.1 Å². The lowest BCUT2D eigenvalue weighted by Crippen LogP contribution is -2.09. The van der Waals surface area contributed by atoms with Crippen molar-refractivity contribution >= 4 is 60.2 Å². The predicted molar refractivity (Wildman–Crippen MR) is 202 cm³/mol. The molecule has 9 aromatic rings. The molecule has 1 heteroatoms. The molecule has 0 saturated carbocycles. The minimum Gasteiger partial charge on any atom is -0.310 e. The minimum atomic E-state index is 1.12. The number of fused-ring (bicyclic) bond motifs is 6. The first-order chi connectivity index (χ1) is 23.3. The third-order valence-corrected chi connectivity index (χ3v) is 9.41. The lowest BCUT2D eigenvalue weighted by atomic mass is 9.85. The van der Waals surface area contributed by atoms with E-state index in [1.165, 1.54) is 65.3 Å². The Hall–Kier alpha value is -6.18. The van der Waals surface area contributed by atoms with Crippen molar-refractivity contribution in [1.82, 2.24) is 0 Å². The Labute approximate surface area is 274 Å². The highest BCUT2D eigenvalue weighted by Crippen LogP contribution is 2.45. The van der Waals surface area contributed by atoms with Gasteiger partial charge in [0.05, 0.1) is 0 Å². The quantitative estimate of drug-likeness (QED) is 0.178. The van der Waals surface area contributed by atoms with Crippen molar-refractivity contribution in [3.05, 3.63) is 188 Å². The summed E-state index contributed by atoms with van der Waals surface area (Å²) in [4.78, 5) is 2.36. The average molecular weight is 598 g/mol. The van der Waals surface area contributed by atoms with Crippen LogP contribution >= 0.6 is 0 Å². The van der Waals surface area contributed by atoms with Crippen molar-refractivity contribution in [2.75, 3.05) is 4.90 Å². The van der Waals surface area contributed by atoms with E-state index in [0.29, 0.717) is 0 Å². The molecule has 0 aliphatic carbocycles. The Bertz CT molecular complexity index is 2550. The third kappa shape index (κ3) is 4.64. The number of nitrogens with zero attached hydrogens (tertiary/aromatic N) is 1. The van der Waals surface area contributed by atoms with Crippen molar-refractivity contribution in [3.63, 3.8) is 0 Å². The second-order valence-corrected chi connectivity index (χ2v) is 12.1. The first kappa shape index (κ1) is 27.2. The van der Waals surface area contributed by atoms with Crippen LogP contribution in [0.4, 0.5) is 17.1 Å². The van der Waals surface area contributed by atoms with Crippen LogP contribution in [0.15, 0.2) is 188 Å². The van der Waals surface area contributed by atoms with E-state index in [4.69, 9.17) is 0 Å². The van der Waals surface area contributed by atoms with Gasteiger partial charge in [-0.15, -0.1) is 0 Å². The smallest absolute Gasteiger partial charge is 0.0468 e. The van der Waals surface area contributed by atoms with Gasteiger partial charge in [-0.3, -0.25) is 0 Å². The van der Waals surface area contributed by atoms with Crippen molar-refractivity contribution in [1.29, 1.82) is 0 Å². The van der Waals surface area contributed by atoms with Crippen molar-refractivity contribution < 1.29 is 0 Å². The summed E-state index contributed by atoms with van der Waals surface area (Å²) in [6.45, 7) is 0. The maximum atomic E-state index is 2.36. The summed E-state index contributed by atoms with van der Waals surface area (Å²) in [7, 11) is 0.